The Morgan fingerprint density at radius 1 is 1.36 bits per heavy atom. The third-order valence-corrected chi connectivity index (χ3v) is 4.51. The monoisotopic (exact) mass is 337 g/mol. The molecule has 1 aromatic carbocycles. The summed E-state index contributed by atoms with van der Waals surface area (Å²) in [6.07, 6.45) is 0.617. The Morgan fingerprint density at radius 2 is 2.18 bits per heavy atom. The summed E-state index contributed by atoms with van der Waals surface area (Å²) in [5.41, 5.74) is 0.459. The highest BCUT2D eigenvalue weighted by Crippen LogP contribution is 2.28. The van der Waals surface area contributed by atoms with Crippen molar-refractivity contribution in [3.05, 3.63) is 51.9 Å². The highest BCUT2D eigenvalue weighted by molar-refractivity contribution is 7.18. The van der Waals surface area contributed by atoms with Crippen molar-refractivity contribution in [2.24, 2.45) is 0 Å². The van der Waals surface area contributed by atoms with Gasteiger partial charge in [0.15, 0.2) is 0 Å². The first-order valence-electron chi connectivity index (χ1n) is 6.62. The predicted octanol–water partition coefficient (Wildman–Crippen LogP) is 3.94. The van der Waals surface area contributed by atoms with Crippen LogP contribution in [0.25, 0.3) is 10.2 Å². The average molecular weight is 338 g/mol. The average Bonchev–Trinajstić information content (AvgIpc) is 2.88. The molecular weight excluding hydrogens is 325 g/mol. The number of fused-ring (bicyclic) bond motifs is 1. The summed E-state index contributed by atoms with van der Waals surface area (Å²) >= 11 is 7.22. The van der Waals surface area contributed by atoms with Crippen molar-refractivity contribution in [2.45, 2.75) is 13.0 Å². The number of aryl methyl sites for hydroxylation is 1. The van der Waals surface area contributed by atoms with Gasteiger partial charge in [-0.05, 0) is 30.7 Å². The largest absolute Gasteiger partial charge is 0.387 e. The lowest BCUT2D eigenvalue weighted by Gasteiger charge is -2.13. The van der Waals surface area contributed by atoms with Crippen molar-refractivity contribution in [1.29, 1.82) is 0 Å². The summed E-state index contributed by atoms with van der Waals surface area (Å²) in [5, 5.41) is 14.2. The van der Waals surface area contributed by atoms with E-state index in [0.717, 1.165) is 15.1 Å². The molecule has 0 aliphatic carbocycles. The van der Waals surface area contributed by atoms with Gasteiger partial charge in [-0.25, -0.2) is 14.4 Å². The fraction of sp³-hybridized carbons (Fsp3) is 0.200. The van der Waals surface area contributed by atoms with E-state index in [2.05, 4.69) is 15.3 Å². The fourth-order valence-electron chi connectivity index (χ4n) is 2.15. The number of aliphatic hydroxyl groups excluding tert-OH is 1. The van der Waals surface area contributed by atoms with E-state index in [1.807, 2.05) is 13.0 Å². The highest BCUT2D eigenvalue weighted by Gasteiger charge is 2.12. The number of halogens is 2. The molecule has 3 rings (SSSR count). The minimum atomic E-state index is -0.864. The maximum Gasteiger partial charge on any atom is 0.142 e. The van der Waals surface area contributed by atoms with Crippen molar-refractivity contribution in [3.8, 4) is 0 Å². The van der Waals surface area contributed by atoms with Crippen molar-refractivity contribution < 1.29 is 9.50 Å². The van der Waals surface area contributed by atoms with Crippen LogP contribution < -0.4 is 5.32 Å². The van der Waals surface area contributed by atoms with Crippen LogP contribution in [0.1, 0.15) is 16.5 Å². The minimum Gasteiger partial charge on any atom is -0.387 e. The zero-order valence-corrected chi connectivity index (χ0v) is 13.2. The van der Waals surface area contributed by atoms with E-state index in [-0.39, 0.29) is 11.6 Å². The molecule has 1 atom stereocenters. The number of anilines is 1. The minimum absolute atomic E-state index is 0.0372. The first-order chi connectivity index (χ1) is 10.5. The van der Waals surface area contributed by atoms with Crippen LogP contribution in [0, 0.1) is 12.7 Å². The zero-order valence-electron chi connectivity index (χ0n) is 11.7. The lowest BCUT2D eigenvalue weighted by atomic mass is 10.1. The SMILES string of the molecule is Cc1cc2c(NCC(O)c3ccc(Cl)c(F)c3)ncnc2s1. The maximum atomic E-state index is 13.4. The molecule has 2 heterocycles. The van der Waals surface area contributed by atoms with Crippen LogP contribution in [-0.2, 0) is 0 Å². The van der Waals surface area contributed by atoms with E-state index in [1.54, 1.807) is 17.4 Å². The molecule has 0 saturated carbocycles. The van der Waals surface area contributed by atoms with Crippen LogP contribution in [0.15, 0.2) is 30.6 Å². The number of hydrogen-bond acceptors (Lipinski definition) is 5. The Morgan fingerprint density at radius 3 is 2.95 bits per heavy atom. The molecule has 0 spiro atoms. The topological polar surface area (TPSA) is 58.0 Å². The number of hydrogen-bond donors (Lipinski definition) is 2. The van der Waals surface area contributed by atoms with E-state index >= 15 is 0 Å². The van der Waals surface area contributed by atoms with Crippen molar-refractivity contribution in [1.82, 2.24) is 9.97 Å². The van der Waals surface area contributed by atoms with Gasteiger partial charge in [0.25, 0.3) is 0 Å². The quantitative estimate of drug-likeness (QED) is 0.757. The van der Waals surface area contributed by atoms with Crippen LogP contribution in [0.4, 0.5) is 10.2 Å². The molecule has 3 aromatic rings. The van der Waals surface area contributed by atoms with Gasteiger partial charge in [-0.1, -0.05) is 17.7 Å². The molecule has 0 aliphatic rings. The third-order valence-electron chi connectivity index (χ3n) is 3.24. The Kier molecular flexibility index (Phi) is 4.24. The van der Waals surface area contributed by atoms with Crippen LogP contribution in [0.2, 0.25) is 5.02 Å². The van der Waals surface area contributed by atoms with Gasteiger partial charge in [-0.15, -0.1) is 11.3 Å². The molecule has 7 heteroatoms. The summed E-state index contributed by atoms with van der Waals surface area (Å²) in [7, 11) is 0. The van der Waals surface area contributed by atoms with Crippen LogP contribution in [-0.4, -0.2) is 21.6 Å². The van der Waals surface area contributed by atoms with Crippen molar-refractivity contribution >= 4 is 39.0 Å². The summed E-state index contributed by atoms with van der Waals surface area (Å²) < 4.78 is 13.4. The lowest BCUT2D eigenvalue weighted by Crippen LogP contribution is -2.13. The molecule has 114 valence electrons. The number of nitrogens with zero attached hydrogens (tertiary/aromatic N) is 2. The highest BCUT2D eigenvalue weighted by atomic mass is 35.5. The Hall–Kier alpha value is -1.76. The summed E-state index contributed by atoms with van der Waals surface area (Å²) in [6.45, 7) is 2.21. The van der Waals surface area contributed by atoms with E-state index in [1.165, 1.54) is 18.5 Å². The standard InChI is InChI=1S/C15H13ClFN3OS/c1-8-4-10-14(19-7-20-15(10)22-8)18-6-13(21)9-2-3-11(16)12(17)5-9/h2-5,7,13,21H,6H2,1H3,(H,18,19,20). The van der Waals surface area contributed by atoms with Gasteiger partial charge in [0.05, 0.1) is 16.5 Å². The number of nitrogens with one attached hydrogen (secondary N) is 1. The second kappa shape index (κ2) is 6.16. The molecule has 4 nitrogen and oxygen atoms in total. The Labute approximate surface area is 135 Å². The molecule has 0 radical (unpaired) electrons. The van der Waals surface area contributed by atoms with E-state index in [4.69, 9.17) is 11.6 Å². The van der Waals surface area contributed by atoms with Gasteiger partial charge in [0.1, 0.15) is 22.8 Å². The third kappa shape index (κ3) is 3.04. The van der Waals surface area contributed by atoms with Crippen molar-refractivity contribution in [3.63, 3.8) is 0 Å². The molecule has 0 fully saturated rings. The molecule has 0 bridgehead atoms. The molecule has 1 unspecified atom stereocenters. The van der Waals surface area contributed by atoms with E-state index in [9.17, 15) is 9.50 Å². The number of rotatable bonds is 4. The van der Waals surface area contributed by atoms with Gasteiger partial charge >= 0.3 is 0 Å². The second-order valence-electron chi connectivity index (χ2n) is 4.87. The molecule has 2 N–H and O–H groups in total. The van der Waals surface area contributed by atoms with Crippen LogP contribution in [0.5, 0.6) is 0 Å². The summed E-state index contributed by atoms with van der Waals surface area (Å²) in [5.74, 6) is 0.110. The molecule has 22 heavy (non-hydrogen) atoms. The molecule has 2 aromatic heterocycles. The lowest BCUT2D eigenvalue weighted by molar-refractivity contribution is 0.191. The molecule has 0 aliphatic heterocycles. The number of aliphatic hydroxyl groups is 1. The van der Waals surface area contributed by atoms with Gasteiger partial charge in [-0.2, -0.15) is 0 Å². The van der Waals surface area contributed by atoms with Gasteiger partial charge < -0.3 is 10.4 Å². The first kappa shape index (κ1) is 15.1. The Balaban J connectivity index is 1.77. The van der Waals surface area contributed by atoms with Gasteiger partial charge in [0, 0.05) is 11.4 Å². The first-order valence-corrected chi connectivity index (χ1v) is 7.82. The zero-order chi connectivity index (χ0) is 15.7. The van der Waals surface area contributed by atoms with Crippen molar-refractivity contribution in [2.75, 3.05) is 11.9 Å². The summed E-state index contributed by atoms with van der Waals surface area (Å²) in [4.78, 5) is 10.4. The Bertz CT molecular complexity index is 824. The second-order valence-corrected chi connectivity index (χ2v) is 6.51. The van der Waals surface area contributed by atoms with Gasteiger partial charge in [-0.3, -0.25) is 0 Å². The fourth-order valence-corrected chi connectivity index (χ4v) is 3.11. The van der Waals surface area contributed by atoms with Crippen LogP contribution in [0.3, 0.4) is 0 Å². The maximum absolute atomic E-state index is 13.4. The number of aromatic nitrogens is 2. The van der Waals surface area contributed by atoms with E-state index < -0.39 is 11.9 Å². The smallest absolute Gasteiger partial charge is 0.142 e. The number of thiophene rings is 1. The number of benzene rings is 1. The predicted molar refractivity (Wildman–Crippen MR) is 87.0 cm³/mol. The normalized spacial score (nSPS) is 12.5. The van der Waals surface area contributed by atoms with Crippen LogP contribution >= 0.6 is 22.9 Å². The van der Waals surface area contributed by atoms with Gasteiger partial charge in [0.2, 0.25) is 0 Å². The molecule has 0 saturated heterocycles. The van der Waals surface area contributed by atoms with E-state index in [0.29, 0.717) is 11.4 Å². The summed E-state index contributed by atoms with van der Waals surface area (Å²) in [6, 6.07) is 6.26. The molecule has 0 amide bonds. The molecular formula is C15H13ClFN3OS.